The number of hydrogen-bond donors (Lipinski definition) is 1. The Morgan fingerprint density at radius 2 is 1.84 bits per heavy atom. The van der Waals surface area contributed by atoms with Crippen LogP contribution in [-0.2, 0) is 6.54 Å². The maximum Gasteiger partial charge on any atom is 0.335 e. The van der Waals surface area contributed by atoms with Crippen LogP contribution in [0, 0.1) is 5.82 Å². The van der Waals surface area contributed by atoms with E-state index in [4.69, 9.17) is 0 Å². The molecule has 2 aromatic heterocycles. The second-order valence-electron chi connectivity index (χ2n) is 7.43. The molecule has 0 aliphatic carbocycles. The van der Waals surface area contributed by atoms with Crippen molar-refractivity contribution < 1.29 is 19.1 Å². The summed E-state index contributed by atoms with van der Waals surface area (Å²) < 4.78 is 13.4. The van der Waals surface area contributed by atoms with E-state index < -0.39 is 12.0 Å². The van der Waals surface area contributed by atoms with Crippen LogP contribution in [0.25, 0.3) is 10.9 Å². The lowest BCUT2D eigenvalue weighted by atomic mass is 10.0. The highest BCUT2D eigenvalue weighted by atomic mass is 19.1. The van der Waals surface area contributed by atoms with Gasteiger partial charge in [0, 0.05) is 24.3 Å². The number of nitrogens with zero attached hydrogens (tertiary/aromatic N) is 3. The quantitative estimate of drug-likeness (QED) is 0.473. The second kappa shape index (κ2) is 8.93. The number of benzene rings is 2. The summed E-state index contributed by atoms with van der Waals surface area (Å²) in [6.45, 7) is 2.01. The predicted molar refractivity (Wildman–Crippen MR) is 118 cm³/mol. The van der Waals surface area contributed by atoms with E-state index in [-0.39, 0.29) is 29.5 Å². The number of amides is 1. The zero-order valence-corrected chi connectivity index (χ0v) is 17.3. The summed E-state index contributed by atoms with van der Waals surface area (Å²) in [6.07, 6.45) is 3.28. The highest BCUT2D eigenvalue weighted by Crippen LogP contribution is 2.25. The van der Waals surface area contributed by atoms with Crippen molar-refractivity contribution in [2.75, 3.05) is 0 Å². The van der Waals surface area contributed by atoms with Crippen LogP contribution in [-0.4, -0.2) is 31.9 Å². The first-order valence-corrected chi connectivity index (χ1v) is 10.0. The van der Waals surface area contributed by atoms with Crippen molar-refractivity contribution in [2.45, 2.75) is 19.5 Å². The van der Waals surface area contributed by atoms with Crippen LogP contribution < -0.4 is 0 Å². The van der Waals surface area contributed by atoms with Gasteiger partial charge in [0.05, 0.1) is 17.1 Å². The van der Waals surface area contributed by atoms with Gasteiger partial charge in [-0.1, -0.05) is 24.3 Å². The van der Waals surface area contributed by atoms with Gasteiger partial charge in [-0.05, 0) is 60.5 Å². The summed E-state index contributed by atoms with van der Waals surface area (Å²) in [7, 11) is 0. The summed E-state index contributed by atoms with van der Waals surface area (Å²) in [5.74, 6) is -1.72. The third-order valence-electron chi connectivity index (χ3n) is 5.32. The number of halogens is 1. The first kappa shape index (κ1) is 21.1. The summed E-state index contributed by atoms with van der Waals surface area (Å²) in [4.78, 5) is 35.1. The zero-order chi connectivity index (χ0) is 22.7. The number of hydrogen-bond acceptors (Lipinski definition) is 4. The number of aromatic carboxylic acids is 1. The Morgan fingerprint density at radius 1 is 1.06 bits per heavy atom. The Hall–Kier alpha value is -4.13. The molecule has 4 rings (SSSR count). The molecule has 1 atom stereocenters. The zero-order valence-electron chi connectivity index (χ0n) is 17.3. The molecular formula is C25H20FN3O3. The molecule has 1 N–H and O–H groups in total. The number of fused-ring (bicyclic) bond motifs is 1. The Balaban J connectivity index is 1.73. The lowest BCUT2D eigenvalue weighted by Gasteiger charge is -2.30. The smallest absolute Gasteiger partial charge is 0.335 e. The van der Waals surface area contributed by atoms with E-state index in [0.29, 0.717) is 11.1 Å². The molecule has 7 heteroatoms. The summed E-state index contributed by atoms with van der Waals surface area (Å²) >= 11 is 0. The molecule has 1 amide bonds. The molecular weight excluding hydrogens is 409 g/mol. The molecule has 2 heterocycles. The molecule has 0 spiro atoms. The highest BCUT2D eigenvalue weighted by molar-refractivity contribution is 5.95. The van der Waals surface area contributed by atoms with Crippen LogP contribution in [0.1, 0.15) is 44.9 Å². The number of pyridine rings is 2. The molecule has 1 unspecified atom stereocenters. The normalized spacial score (nSPS) is 11.8. The highest BCUT2D eigenvalue weighted by Gasteiger charge is 2.25. The Bertz CT molecular complexity index is 1290. The largest absolute Gasteiger partial charge is 0.478 e. The van der Waals surface area contributed by atoms with E-state index in [2.05, 4.69) is 9.97 Å². The average Bonchev–Trinajstić information content (AvgIpc) is 2.82. The van der Waals surface area contributed by atoms with Gasteiger partial charge in [0.25, 0.3) is 5.91 Å². The summed E-state index contributed by atoms with van der Waals surface area (Å²) in [5, 5.41) is 10.1. The molecule has 0 fully saturated rings. The number of rotatable bonds is 6. The Kier molecular flexibility index (Phi) is 5.89. The fraction of sp³-hybridized carbons (Fsp3) is 0.120. The molecule has 0 aliphatic rings. The third-order valence-corrected chi connectivity index (χ3v) is 5.32. The second-order valence-corrected chi connectivity index (χ2v) is 7.43. The minimum Gasteiger partial charge on any atom is -0.478 e. The Labute approximate surface area is 184 Å². The predicted octanol–water partition coefficient (Wildman–Crippen LogP) is 4.87. The van der Waals surface area contributed by atoms with Gasteiger partial charge in [-0.15, -0.1) is 0 Å². The van der Waals surface area contributed by atoms with Crippen molar-refractivity contribution in [1.29, 1.82) is 0 Å². The minimum atomic E-state index is -1.04. The van der Waals surface area contributed by atoms with Crippen LogP contribution in [0.2, 0.25) is 0 Å². The molecule has 0 saturated heterocycles. The fourth-order valence-corrected chi connectivity index (χ4v) is 3.54. The number of carboxylic acid groups (broad SMARTS) is 1. The molecule has 4 aromatic rings. The van der Waals surface area contributed by atoms with Gasteiger partial charge in [0.1, 0.15) is 11.5 Å². The van der Waals surface area contributed by atoms with Gasteiger partial charge in [0.2, 0.25) is 0 Å². The average molecular weight is 429 g/mol. The van der Waals surface area contributed by atoms with Crippen LogP contribution >= 0.6 is 0 Å². The Morgan fingerprint density at radius 3 is 2.59 bits per heavy atom. The lowest BCUT2D eigenvalue weighted by Crippen LogP contribution is -2.33. The van der Waals surface area contributed by atoms with Gasteiger partial charge >= 0.3 is 5.97 Å². The van der Waals surface area contributed by atoms with Crippen LogP contribution in [0.3, 0.4) is 0 Å². The molecule has 0 bridgehead atoms. The molecule has 0 radical (unpaired) electrons. The van der Waals surface area contributed by atoms with Crippen molar-refractivity contribution in [1.82, 2.24) is 14.9 Å². The molecule has 0 saturated carbocycles. The standard InChI is InChI=1S/C25H20FN3O3/c1-16(18-5-8-21(26)9-6-18)29(15-17-3-2-4-19(13-17)25(31)32)24(30)23-10-7-20-14-27-12-11-22(20)28-23/h2-14,16H,15H2,1H3,(H,31,32). The third kappa shape index (κ3) is 4.46. The number of carbonyl (C=O) groups excluding carboxylic acids is 1. The van der Waals surface area contributed by atoms with Crippen molar-refractivity contribution in [3.05, 3.63) is 107 Å². The van der Waals surface area contributed by atoms with Crippen LogP contribution in [0.4, 0.5) is 4.39 Å². The van der Waals surface area contributed by atoms with Gasteiger partial charge in [-0.25, -0.2) is 14.2 Å². The fourth-order valence-electron chi connectivity index (χ4n) is 3.54. The topological polar surface area (TPSA) is 83.4 Å². The maximum atomic E-state index is 13.6. The van der Waals surface area contributed by atoms with E-state index in [1.807, 2.05) is 6.92 Å². The van der Waals surface area contributed by atoms with Gasteiger partial charge in [-0.3, -0.25) is 9.78 Å². The van der Waals surface area contributed by atoms with Crippen LogP contribution in [0.15, 0.2) is 79.1 Å². The van der Waals surface area contributed by atoms with Crippen molar-refractivity contribution in [2.24, 2.45) is 0 Å². The lowest BCUT2D eigenvalue weighted by molar-refractivity contribution is 0.0668. The minimum absolute atomic E-state index is 0.140. The first-order chi connectivity index (χ1) is 15.4. The monoisotopic (exact) mass is 429 g/mol. The molecule has 160 valence electrons. The number of aromatic nitrogens is 2. The van der Waals surface area contributed by atoms with E-state index in [1.54, 1.807) is 65.8 Å². The summed E-state index contributed by atoms with van der Waals surface area (Å²) in [6, 6.07) is 17.2. The van der Waals surface area contributed by atoms with Gasteiger partial charge in [0.15, 0.2) is 0 Å². The molecule has 6 nitrogen and oxygen atoms in total. The van der Waals surface area contributed by atoms with Gasteiger partial charge < -0.3 is 10.0 Å². The number of carbonyl (C=O) groups is 2. The molecule has 0 aliphatic heterocycles. The maximum absolute atomic E-state index is 13.6. The van der Waals surface area contributed by atoms with Gasteiger partial charge in [-0.2, -0.15) is 0 Å². The van der Waals surface area contributed by atoms with Crippen molar-refractivity contribution >= 4 is 22.8 Å². The SMILES string of the molecule is CC(c1ccc(F)cc1)N(Cc1cccc(C(=O)O)c1)C(=O)c1ccc2cnccc2n1. The number of carboxylic acids is 1. The van der Waals surface area contributed by atoms with Crippen LogP contribution in [0.5, 0.6) is 0 Å². The molecule has 2 aromatic carbocycles. The van der Waals surface area contributed by atoms with E-state index >= 15 is 0 Å². The van der Waals surface area contributed by atoms with Crippen molar-refractivity contribution in [3.8, 4) is 0 Å². The summed E-state index contributed by atoms with van der Waals surface area (Å²) in [5.41, 5.74) is 2.46. The first-order valence-electron chi connectivity index (χ1n) is 10.0. The van der Waals surface area contributed by atoms with E-state index in [1.165, 1.54) is 18.2 Å². The van der Waals surface area contributed by atoms with E-state index in [9.17, 15) is 19.1 Å². The van der Waals surface area contributed by atoms with Crippen molar-refractivity contribution in [3.63, 3.8) is 0 Å². The molecule has 32 heavy (non-hydrogen) atoms. The van der Waals surface area contributed by atoms with E-state index in [0.717, 1.165) is 10.9 Å².